The Kier molecular flexibility index (Phi) is 2.57. The number of rotatable bonds is 3. The Labute approximate surface area is 94.8 Å². The van der Waals surface area contributed by atoms with Gasteiger partial charge in [0.2, 0.25) is 0 Å². The first-order chi connectivity index (χ1) is 7.35. The Morgan fingerprint density at radius 3 is 2.40 bits per heavy atom. The van der Waals surface area contributed by atoms with E-state index >= 15 is 0 Å². The third-order valence-electron chi connectivity index (χ3n) is 6.13. The van der Waals surface area contributed by atoms with Gasteiger partial charge in [-0.1, -0.05) is 33.1 Å². The molecule has 0 nitrogen and oxygen atoms in total. The lowest BCUT2D eigenvalue weighted by Gasteiger charge is -2.36. The fourth-order valence-electron chi connectivity index (χ4n) is 5.56. The highest BCUT2D eigenvalue weighted by atomic mass is 14.6. The van der Waals surface area contributed by atoms with Crippen LogP contribution in [0.2, 0.25) is 0 Å². The molecule has 5 atom stereocenters. The minimum atomic E-state index is 1.06. The van der Waals surface area contributed by atoms with E-state index in [1.165, 1.54) is 24.7 Å². The molecule has 0 aromatic heterocycles. The van der Waals surface area contributed by atoms with E-state index in [1.807, 2.05) is 0 Å². The van der Waals surface area contributed by atoms with Crippen LogP contribution in [-0.2, 0) is 0 Å². The average Bonchev–Trinajstić information content (AvgIpc) is 2.90. The molecule has 0 heterocycles. The van der Waals surface area contributed by atoms with Gasteiger partial charge >= 0.3 is 0 Å². The van der Waals surface area contributed by atoms with E-state index in [2.05, 4.69) is 13.8 Å². The standard InChI is InChI=1S/C15H26/c1-3-10(4-2)14-8-11-9-15(14)13-7-5-6-12(11)13/h10-15H,3-9H2,1-2H3. The fraction of sp³-hybridized carbons (Fsp3) is 1.00. The van der Waals surface area contributed by atoms with Crippen molar-refractivity contribution in [3.05, 3.63) is 0 Å². The topological polar surface area (TPSA) is 0 Å². The van der Waals surface area contributed by atoms with Crippen LogP contribution in [0.5, 0.6) is 0 Å². The van der Waals surface area contributed by atoms with Gasteiger partial charge in [-0.25, -0.2) is 0 Å². The van der Waals surface area contributed by atoms with Crippen molar-refractivity contribution in [1.82, 2.24) is 0 Å². The SMILES string of the molecule is CCC(CC)C1CC2CC1C1CCCC21. The van der Waals surface area contributed by atoms with Crippen LogP contribution in [0.3, 0.4) is 0 Å². The van der Waals surface area contributed by atoms with Crippen LogP contribution in [0.1, 0.15) is 58.8 Å². The molecule has 3 aliphatic rings. The Morgan fingerprint density at radius 1 is 0.933 bits per heavy atom. The molecule has 0 saturated heterocycles. The van der Waals surface area contributed by atoms with Gasteiger partial charge in [0.15, 0.2) is 0 Å². The zero-order valence-corrected chi connectivity index (χ0v) is 10.4. The summed E-state index contributed by atoms with van der Waals surface area (Å²) in [6.07, 6.45) is 10.8. The predicted molar refractivity (Wildman–Crippen MR) is 64.6 cm³/mol. The molecule has 86 valence electrons. The van der Waals surface area contributed by atoms with E-state index in [0.29, 0.717) is 0 Å². The van der Waals surface area contributed by atoms with Gasteiger partial charge in [-0.3, -0.25) is 0 Å². The number of fused-ring (bicyclic) bond motifs is 5. The molecule has 0 aromatic carbocycles. The van der Waals surface area contributed by atoms with Gasteiger partial charge in [0.05, 0.1) is 0 Å². The summed E-state index contributed by atoms with van der Waals surface area (Å²) in [4.78, 5) is 0. The largest absolute Gasteiger partial charge is 0.0651 e. The Bertz CT molecular complexity index is 228. The van der Waals surface area contributed by atoms with Crippen LogP contribution in [0.25, 0.3) is 0 Å². The van der Waals surface area contributed by atoms with Gasteiger partial charge in [0.1, 0.15) is 0 Å². The highest BCUT2D eigenvalue weighted by molar-refractivity contribution is 5.03. The lowest BCUT2D eigenvalue weighted by molar-refractivity contribution is 0.132. The smallest absolute Gasteiger partial charge is 0.0349 e. The molecule has 0 aromatic rings. The summed E-state index contributed by atoms with van der Waals surface area (Å²) in [5, 5.41) is 0. The van der Waals surface area contributed by atoms with Crippen molar-refractivity contribution in [1.29, 1.82) is 0 Å². The summed E-state index contributed by atoms with van der Waals surface area (Å²) < 4.78 is 0. The van der Waals surface area contributed by atoms with Crippen LogP contribution in [0, 0.1) is 35.5 Å². The molecule has 0 N–H and O–H groups in total. The zero-order valence-electron chi connectivity index (χ0n) is 10.4. The van der Waals surface area contributed by atoms with E-state index in [0.717, 1.165) is 23.7 Å². The van der Waals surface area contributed by atoms with E-state index in [4.69, 9.17) is 0 Å². The third-order valence-corrected chi connectivity index (χ3v) is 6.13. The van der Waals surface area contributed by atoms with Crippen LogP contribution in [0.4, 0.5) is 0 Å². The molecule has 0 amide bonds. The molecule has 0 spiro atoms. The molecule has 15 heavy (non-hydrogen) atoms. The van der Waals surface area contributed by atoms with Crippen molar-refractivity contribution < 1.29 is 0 Å². The zero-order chi connectivity index (χ0) is 10.4. The summed E-state index contributed by atoms with van der Waals surface area (Å²) in [6, 6.07) is 0. The normalized spacial score (nSPS) is 47.8. The molecular formula is C15H26. The minimum Gasteiger partial charge on any atom is -0.0651 e. The van der Waals surface area contributed by atoms with Gasteiger partial charge in [-0.05, 0) is 61.2 Å². The molecule has 3 rings (SSSR count). The first-order valence-corrected chi connectivity index (χ1v) is 7.35. The van der Waals surface area contributed by atoms with Crippen molar-refractivity contribution in [3.8, 4) is 0 Å². The summed E-state index contributed by atoms with van der Waals surface area (Å²) in [5.41, 5.74) is 0. The van der Waals surface area contributed by atoms with Gasteiger partial charge < -0.3 is 0 Å². The maximum Gasteiger partial charge on any atom is -0.0349 e. The molecule has 2 bridgehead atoms. The van der Waals surface area contributed by atoms with E-state index < -0.39 is 0 Å². The van der Waals surface area contributed by atoms with E-state index in [-0.39, 0.29) is 0 Å². The highest BCUT2D eigenvalue weighted by Crippen LogP contribution is 2.62. The maximum atomic E-state index is 2.41. The third kappa shape index (κ3) is 1.40. The van der Waals surface area contributed by atoms with Gasteiger partial charge in [-0.15, -0.1) is 0 Å². The number of hydrogen-bond acceptors (Lipinski definition) is 0. The molecule has 3 saturated carbocycles. The van der Waals surface area contributed by atoms with Crippen LogP contribution in [0.15, 0.2) is 0 Å². The van der Waals surface area contributed by atoms with E-state index in [1.54, 1.807) is 32.1 Å². The average molecular weight is 206 g/mol. The van der Waals surface area contributed by atoms with Crippen LogP contribution < -0.4 is 0 Å². The first kappa shape index (κ1) is 10.2. The van der Waals surface area contributed by atoms with Crippen molar-refractivity contribution in [2.24, 2.45) is 35.5 Å². The van der Waals surface area contributed by atoms with Crippen molar-refractivity contribution >= 4 is 0 Å². The van der Waals surface area contributed by atoms with Crippen molar-refractivity contribution in [2.45, 2.75) is 58.8 Å². The van der Waals surface area contributed by atoms with Gasteiger partial charge in [0, 0.05) is 0 Å². The Morgan fingerprint density at radius 2 is 1.67 bits per heavy atom. The van der Waals surface area contributed by atoms with Crippen LogP contribution in [-0.4, -0.2) is 0 Å². The summed E-state index contributed by atoms with van der Waals surface area (Å²) in [7, 11) is 0. The Hall–Kier alpha value is 0. The molecule has 0 heteroatoms. The fourth-order valence-corrected chi connectivity index (χ4v) is 5.56. The van der Waals surface area contributed by atoms with Gasteiger partial charge in [0.25, 0.3) is 0 Å². The number of hydrogen-bond donors (Lipinski definition) is 0. The van der Waals surface area contributed by atoms with E-state index in [9.17, 15) is 0 Å². The second-order valence-electron chi connectivity index (χ2n) is 6.39. The molecule has 0 aliphatic heterocycles. The summed E-state index contributed by atoms with van der Waals surface area (Å²) in [5.74, 6) is 6.86. The van der Waals surface area contributed by atoms with Crippen molar-refractivity contribution in [3.63, 3.8) is 0 Å². The highest BCUT2D eigenvalue weighted by Gasteiger charge is 2.54. The van der Waals surface area contributed by atoms with Crippen molar-refractivity contribution in [2.75, 3.05) is 0 Å². The first-order valence-electron chi connectivity index (χ1n) is 7.35. The quantitative estimate of drug-likeness (QED) is 0.638. The molecule has 3 aliphatic carbocycles. The molecule has 3 fully saturated rings. The summed E-state index contributed by atoms with van der Waals surface area (Å²) >= 11 is 0. The van der Waals surface area contributed by atoms with Gasteiger partial charge in [-0.2, -0.15) is 0 Å². The molecule has 0 radical (unpaired) electrons. The molecular weight excluding hydrogens is 180 g/mol. The van der Waals surface area contributed by atoms with Crippen LogP contribution >= 0.6 is 0 Å². The Balaban J connectivity index is 1.75. The lowest BCUT2D eigenvalue weighted by Crippen LogP contribution is -2.29. The monoisotopic (exact) mass is 206 g/mol. The predicted octanol–water partition coefficient (Wildman–Crippen LogP) is 4.49. The lowest BCUT2D eigenvalue weighted by atomic mass is 9.69. The molecule has 5 unspecified atom stereocenters. The maximum absolute atomic E-state index is 2.41. The second-order valence-corrected chi connectivity index (χ2v) is 6.39. The minimum absolute atomic E-state index is 1.06. The summed E-state index contributed by atoms with van der Waals surface area (Å²) in [6.45, 7) is 4.82. The second kappa shape index (κ2) is 3.79.